The Kier molecular flexibility index (Phi) is 1.29. The normalized spacial score (nSPS) is 10.2. The van der Waals surface area contributed by atoms with Crippen LogP contribution in [-0.4, -0.2) is 0 Å². The Morgan fingerprint density at radius 2 is 2.36 bits per heavy atom. The molecular formula is C10H7O. The molecule has 0 aliphatic heterocycles. The number of hydrogen-bond donors (Lipinski definition) is 0. The average molecular weight is 143 g/mol. The number of hydrogen-bond acceptors (Lipinski definition) is 1. The van der Waals surface area contributed by atoms with Gasteiger partial charge in [0, 0.05) is 5.39 Å². The Balaban J connectivity index is 2.88. The Morgan fingerprint density at radius 1 is 1.45 bits per heavy atom. The molecule has 0 unspecified atom stereocenters. The van der Waals surface area contributed by atoms with Crippen molar-refractivity contribution in [2.45, 2.75) is 0 Å². The van der Waals surface area contributed by atoms with Crippen molar-refractivity contribution < 1.29 is 4.42 Å². The average Bonchev–Trinajstić information content (AvgIpc) is 2.50. The predicted octanol–water partition coefficient (Wildman–Crippen LogP) is 2.88. The lowest BCUT2D eigenvalue weighted by Gasteiger charge is -1.91. The minimum Gasteiger partial charge on any atom is -0.464 e. The lowest BCUT2D eigenvalue weighted by Crippen LogP contribution is -1.71. The van der Waals surface area contributed by atoms with Crippen LogP contribution in [0.4, 0.5) is 0 Å². The summed E-state index contributed by atoms with van der Waals surface area (Å²) >= 11 is 0. The Hall–Kier alpha value is -1.50. The first-order chi connectivity index (χ1) is 5.42. The molecule has 2 rings (SSSR count). The molecular weight excluding hydrogens is 136 g/mol. The smallest absolute Gasteiger partial charge is 0.134 e. The molecule has 0 N–H and O–H groups in total. The van der Waals surface area contributed by atoms with E-state index < -0.39 is 0 Å². The van der Waals surface area contributed by atoms with Gasteiger partial charge in [-0.2, -0.15) is 0 Å². The van der Waals surface area contributed by atoms with Crippen LogP contribution in [0.3, 0.4) is 0 Å². The van der Waals surface area contributed by atoms with Crippen LogP contribution in [0.25, 0.3) is 17.0 Å². The second-order valence-electron chi connectivity index (χ2n) is 2.29. The van der Waals surface area contributed by atoms with Crippen LogP contribution in [0, 0.1) is 6.07 Å². The van der Waals surface area contributed by atoms with Crippen molar-refractivity contribution in [1.29, 1.82) is 0 Å². The summed E-state index contributed by atoms with van der Waals surface area (Å²) in [5.74, 6) is 0. The first kappa shape index (κ1) is 6.23. The second-order valence-corrected chi connectivity index (χ2v) is 2.29. The summed E-state index contributed by atoms with van der Waals surface area (Å²) in [6.07, 6.45) is 3.45. The quantitative estimate of drug-likeness (QED) is 0.598. The zero-order chi connectivity index (χ0) is 7.68. The molecule has 0 atom stereocenters. The van der Waals surface area contributed by atoms with Crippen LogP contribution < -0.4 is 0 Å². The van der Waals surface area contributed by atoms with Crippen LogP contribution in [-0.2, 0) is 0 Å². The monoisotopic (exact) mass is 143 g/mol. The van der Waals surface area contributed by atoms with Gasteiger partial charge in [-0.25, -0.2) is 0 Å². The highest BCUT2D eigenvalue weighted by molar-refractivity contribution is 5.86. The Bertz CT molecular complexity index is 384. The van der Waals surface area contributed by atoms with Gasteiger partial charge in [-0.1, -0.05) is 18.7 Å². The lowest BCUT2D eigenvalue weighted by atomic mass is 10.1. The second kappa shape index (κ2) is 2.27. The topological polar surface area (TPSA) is 13.1 Å². The molecule has 0 aliphatic carbocycles. The molecule has 1 nitrogen and oxygen atoms in total. The zero-order valence-corrected chi connectivity index (χ0v) is 6.00. The van der Waals surface area contributed by atoms with Gasteiger partial charge >= 0.3 is 0 Å². The molecule has 2 aromatic rings. The van der Waals surface area contributed by atoms with Crippen molar-refractivity contribution in [2.75, 3.05) is 0 Å². The Morgan fingerprint density at radius 3 is 3.18 bits per heavy atom. The van der Waals surface area contributed by atoms with E-state index in [4.69, 9.17) is 4.42 Å². The summed E-state index contributed by atoms with van der Waals surface area (Å²) in [4.78, 5) is 0. The maximum Gasteiger partial charge on any atom is 0.134 e. The van der Waals surface area contributed by atoms with Gasteiger partial charge in [0.05, 0.1) is 6.26 Å². The molecule has 0 saturated heterocycles. The molecule has 0 spiro atoms. The van der Waals surface area contributed by atoms with Gasteiger partial charge in [-0.05, 0) is 23.8 Å². The summed E-state index contributed by atoms with van der Waals surface area (Å²) in [6.45, 7) is 3.69. The number of rotatable bonds is 1. The zero-order valence-electron chi connectivity index (χ0n) is 6.00. The van der Waals surface area contributed by atoms with Gasteiger partial charge in [-0.3, -0.25) is 0 Å². The fraction of sp³-hybridized carbons (Fsp3) is 0. The third kappa shape index (κ3) is 0.855. The minimum atomic E-state index is 0.888. The van der Waals surface area contributed by atoms with Crippen molar-refractivity contribution in [2.24, 2.45) is 0 Å². The van der Waals surface area contributed by atoms with Crippen LogP contribution in [0.5, 0.6) is 0 Å². The third-order valence-electron chi connectivity index (χ3n) is 1.66. The van der Waals surface area contributed by atoms with Crippen LogP contribution in [0.1, 0.15) is 5.56 Å². The van der Waals surface area contributed by atoms with E-state index in [0.29, 0.717) is 0 Å². The summed E-state index contributed by atoms with van der Waals surface area (Å²) < 4.78 is 5.19. The maximum atomic E-state index is 5.19. The third-order valence-corrected chi connectivity index (χ3v) is 1.66. The van der Waals surface area contributed by atoms with E-state index >= 15 is 0 Å². The van der Waals surface area contributed by atoms with Gasteiger partial charge in [-0.15, -0.1) is 0 Å². The van der Waals surface area contributed by atoms with Crippen molar-refractivity contribution in [1.82, 2.24) is 0 Å². The van der Waals surface area contributed by atoms with E-state index in [1.54, 1.807) is 12.3 Å². The summed E-state index contributed by atoms with van der Waals surface area (Å²) in [7, 11) is 0. The van der Waals surface area contributed by atoms with Crippen LogP contribution in [0.15, 0.2) is 35.5 Å². The van der Waals surface area contributed by atoms with E-state index in [9.17, 15) is 0 Å². The molecule has 53 valence electrons. The minimum absolute atomic E-state index is 0.888. The molecule has 0 aliphatic rings. The van der Waals surface area contributed by atoms with E-state index in [-0.39, 0.29) is 0 Å². The standard InChI is InChI=1S/C10H7O/c1-2-8-4-3-5-10-9(8)6-7-11-10/h2-3,5-7H,1H2. The van der Waals surface area contributed by atoms with Crippen molar-refractivity contribution in [3.8, 4) is 0 Å². The van der Waals surface area contributed by atoms with Gasteiger partial charge in [0.2, 0.25) is 0 Å². The summed E-state index contributed by atoms with van der Waals surface area (Å²) in [6, 6.07) is 8.72. The fourth-order valence-corrected chi connectivity index (χ4v) is 1.13. The maximum absolute atomic E-state index is 5.19. The SMILES string of the molecule is C=Cc1[c]ccc2occc12. The van der Waals surface area contributed by atoms with E-state index in [1.165, 1.54) is 0 Å². The predicted molar refractivity (Wildman–Crippen MR) is 45.1 cm³/mol. The summed E-state index contributed by atoms with van der Waals surface area (Å²) in [5.41, 5.74) is 1.88. The first-order valence-corrected chi connectivity index (χ1v) is 3.42. The van der Waals surface area contributed by atoms with Gasteiger partial charge in [0.1, 0.15) is 5.58 Å². The molecule has 1 aromatic heterocycles. The molecule has 0 amide bonds. The highest BCUT2D eigenvalue weighted by atomic mass is 16.3. The molecule has 0 bridgehead atoms. The van der Waals surface area contributed by atoms with Gasteiger partial charge < -0.3 is 4.42 Å². The van der Waals surface area contributed by atoms with Crippen LogP contribution >= 0.6 is 0 Å². The number of furan rings is 1. The van der Waals surface area contributed by atoms with E-state index in [0.717, 1.165) is 16.5 Å². The number of benzene rings is 1. The van der Waals surface area contributed by atoms with Crippen molar-refractivity contribution in [3.63, 3.8) is 0 Å². The van der Waals surface area contributed by atoms with Crippen molar-refractivity contribution in [3.05, 3.63) is 42.7 Å². The highest BCUT2D eigenvalue weighted by Crippen LogP contribution is 2.19. The molecule has 11 heavy (non-hydrogen) atoms. The van der Waals surface area contributed by atoms with E-state index in [2.05, 4.69) is 12.6 Å². The van der Waals surface area contributed by atoms with Gasteiger partial charge in [0.25, 0.3) is 0 Å². The molecule has 0 saturated carbocycles. The van der Waals surface area contributed by atoms with Crippen LogP contribution in [0.2, 0.25) is 0 Å². The van der Waals surface area contributed by atoms with E-state index in [1.807, 2.05) is 18.2 Å². The lowest BCUT2D eigenvalue weighted by molar-refractivity contribution is 0.616. The molecule has 1 heterocycles. The molecule has 1 heteroatoms. The Labute approximate surface area is 64.9 Å². The van der Waals surface area contributed by atoms with Crippen molar-refractivity contribution >= 4 is 17.0 Å². The first-order valence-electron chi connectivity index (χ1n) is 3.42. The largest absolute Gasteiger partial charge is 0.464 e. The molecule has 0 fully saturated rings. The van der Waals surface area contributed by atoms with Gasteiger partial charge in [0.15, 0.2) is 0 Å². The highest BCUT2D eigenvalue weighted by Gasteiger charge is 1.98. The fourth-order valence-electron chi connectivity index (χ4n) is 1.13. The number of fused-ring (bicyclic) bond motifs is 1. The summed E-state index contributed by atoms with van der Waals surface area (Å²) in [5, 5.41) is 1.07. The molecule has 1 radical (unpaired) electrons. The molecule has 1 aromatic carbocycles.